The second-order valence-electron chi connectivity index (χ2n) is 4.73. The van der Waals surface area contributed by atoms with Crippen LogP contribution >= 0.6 is 0 Å². The first-order valence-corrected chi connectivity index (χ1v) is 6.43. The van der Waals surface area contributed by atoms with E-state index in [-0.39, 0.29) is 19.5 Å². The van der Waals surface area contributed by atoms with Crippen LogP contribution in [0.4, 0.5) is 13.2 Å². The second-order valence-corrected chi connectivity index (χ2v) is 4.73. The molecule has 0 fully saturated rings. The van der Waals surface area contributed by atoms with Gasteiger partial charge in [-0.15, -0.1) is 0 Å². The van der Waals surface area contributed by atoms with E-state index in [1.165, 1.54) is 4.90 Å². The molecule has 1 amide bonds. The molecule has 0 saturated heterocycles. The van der Waals surface area contributed by atoms with Crippen LogP contribution in [0.3, 0.4) is 0 Å². The van der Waals surface area contributed by atoms with E-state index in [1.54, 1.807) is 30.3 Å². The van der Waals surface area contributed by atoms with Crippen molar-refractivity contribution in [2.24, 2.45) is 0 Å². The number of hydrogen-bond acceptors (Lipinski definition) is 2. The molecule has 0 N–H and O–H groups in total. The average molecular weight is 294 g/mol. The van der Waals surface area contributed by atoms with Crippen molar-refractivity contribution in [3.05, 3.63) is 47.5 Å². The topological polar surface area (TPSA) is 44.1 Å². The first-order chi connectivity index (χ1) is 9.93. The number of alkyl halides is 3. The molecule has 6 heteroatoms. The zero-order valence-corrected chi connectivity index (χ0v) is 11.1. The molecule has 110 valence electrons. The van der Waals surface area contributed by atoms with Crippen molar-refractivity contribution >= 4 is 5.91 Å². The Hall–Kier alpha value is -2.29. The van der Waals surface area contributed by atoms with E-state index in [2.05, 4.69) is 0 Å². The highest BCUT2D eigenvalue weighted by atomic mass is 19.4. The van der Waals surface area contributed by atoms with Gasteiger partial charge < -0.3 is 4.90 Å². The van der Waals surface area contributed by atoms with Crippen LogP contribution in [-0.4, -0.2) is 30.1 Å². The first-order valence-electron chi connectivity index (χ1n) is 6.43. The molecule has 1 atom stereocenters. The van der Waals surface area contributed by atoms with Crippen LogP contribution in [0.5, 0.6) is 0 Å². The van der Waals surface area contributed by atoms with E-state index in [9.17, 15) is 18.0 Å². The number of carbonyl (C=O) groups excluding carboxylic acids is 1. The lowest BCUT2D eigenvalue weighted by molar-refractivity contribution is -0.132. The quantitative estimate of drug-likeness (QED) is 0.787. The lowest BCUT2D eigenvalue weighted by atomic mass is 9.98. The number of nitrogens with zero attached hydrogens (tertiary/aromatic N) is 2. The normalized spacial score (nSPS) is 16.9. The molecule has 1 aromatic rings. The number of hydrogen-bond donors (Lipinski definition) is 0. The number of rotatable bonds is 2. The van der Waals surface area contributed by atoms with Crippen LogP contribution in [0.2, 0.25) is 0 Å². The van der Waals surface area contributed by atoms with Gasteiger partial charge in [0.15, 0.2) is 0 Å². The van der Waals surface area contributed by atoms with E-state index >= 15 is 0 Å². The number of benzene rings is 1. The number of halogens is 3. The molecule has 1 aliphatic heterocycles. The zero-order chi connectivity index (χ0) is 15.5. The summed E-state index contributed by atoms with van der Waals surface area (Å²) in [5.41, 5.74) is -0.0598. The Kier molecular flexibility index (Phi) is 4.32. The zero-order valence-electron chi connectivity index (χ0n) is 11.1. The largest absolute Gasteiger partial charge is 0.412 e. The number of carbonyl (C=O) groups is 1. The summed E-state index contributed by atoms with van der Waals surface area (Å²) in [7, 11) is 0. The van der Waals surface area contributed by atoms with E-state index in [1.807, 2.05) is 6.07 Å². The summed E-state index contributed by atoms with van der Waals surface area (Å²) in [6.45, 7) is -0.131. The maximum Gasteiger partial charge on any atom is 0.412 e. The van der Waals surface area contributed by atoms with Gasteiger partial charge in [0.1, 0.15) is 5.92 Å². The minimum atomic E-state index is -4.34. The minimum Gasteiger partial charge on any atom is -0.337 e. The minimum absolute atomic E-state index is 0.0187. The Balaban J connectivity index is 2.12. The maximum absolute atomic E-state index is 12.5. The highest BCUT2D eigenvalue weighted by Crippen LogP contribution is 2.31. The van der Waals surface area contributed by atoms with E-state index in [0.717, 1.165) is 6.08 Å². The van der Waals surface area contributed by atoms with Gasteiger partial charge in [-0.05, 0) is 12.0 Å². The smallest absolute Gasteiger partial charge is 0.337 e. The van der Waals surface area contributed by atoms with Crippen molar-refractivity contribution in [1.29, 1.82) is 5.26 Å². The van der Waals surface area contributed by atoms with Crippen LogP contribution in [0.1, 0.15) is 17.9 Å². The lowest BCUT2D eigenvalue weighted by Crippen LogP contribution is -2.39. The van der Waals surface area contributed by atoms with Gasteiger partial charge in [0, 0.05) is 18.7 Å². The highest BCUT2D eigenvalue weighted by molar-refractivity contribution is 5.86. The molecule has 21 heavy (non-hydrogen) atoms. The van der Waals surface area contributed by atoms with Gasteiger partial charge in [-0.2, -0.15) is 18.4 Å². The monoisotopic (exact) mass is 294 g/mol. The van der Waals surface area contributed by atoms with Gasteiger partial charge >= 0.3 is 6.18 Å². The third-order valence-corrected chi connectivity index (χ3v) is 3.39. The fraction of sp³-hybridized carbons (Fsp3) is 0.333. The van der Waals surface area contributed by atoms with Gasteiger partial charge in [0.25, 0.3) is 0 Å². The molecular formula is C15H13F3N2O. The highest BCUT2D eigenvalue weighted by Gasteiger charge is 2.36. The Morgan fingerprint density at radius 1 is 1.29 bits per heavy atom. The van der Waals surface area contributed by atoms with Crippen molar-refractivity contribution in [3.63, 3.8) is 0 Å². The molecule has 0 aliphatic carbocycles. The van der Waals surface area contributed by atoms with Gasteiger partial charge in [-0.3, -0.25) is 4.79 Å². The summed E-state index contributed by atoms with van der Waals surface area (Å²) in [6.07, 6.45) is -3.56. The summed E-state index contributed by atoms with van der Waals surface area (Å²) in [6, 6.07) is 10.4. The van der Waals surface area contributed by atoms with Crippen LogP contribution in [-0.2, 0) is 4.79 Å². The standard InChI is InChI=1S/C15H13F3N2O/c16-15(17,18)12-6-8-20(9-7-12)14(21)13(10-19)11-4-2-1-3-5-11/h1-6,13H,7-9H2. The molecule has 0 bridgehead atoms. The molecule has 1 aliphatic rings. The van der Waals surface area contributed by atoms with E-state index in [4.69, 9.17) is 5.26 Å². The van der Waals surface area contributed by atoms with Crippen LogP contribution in [0.25, 0.3) is 0 Å². The fourth-order valence-corrected chi connectivity index (χ4v) is 2.23. The van der Waals surface area contributed by atoms with Crippen molar-refractivity contribution in [3.8, 4) is 6.07 Å². The van der Waals surface area contributed by atoms with Crippen molar-refractivity contribution in [2.45, 2.75) is 18.5 Å². The predicted molar refractivity (Wildman–Crippen MR) is 70.1 cm³/mol. The lowest BCUT2D eigenvalue weighted by Gasteiger charge is -2.28. The van der Waals surface area contributed by atoms with Crippen molar-refractivity contribution in [1.82, 2.24) is 4.90 Å². The Morgan fingerprint density at radius 3 is 2.43 bits per heavy atom. The van der Waals surface area contributed by atoms with Gasteiger partial charge in [0.05, 0.1) is 6.07 Å². The van der Waals surface area contributed by atoms with Gasteiger partial charge in [-0.1, -0.05) is 36.4 Å². The molecule has 1 aromatic carbocycles. The second kappa shape index (κ2) is 6.00. The van der Waals surface area contributed by atoms with Crippen molar-refractivity contribution in [2.75, 3.05) is 13.1 Å². The summed E-state index contributed by atoms with van der Waals surface area (Å²) >= 11 is 0. The van der Waals surface area contributed by atoms with Crippen LogP contribution < -0.4 is 0 Å². The third-order valence-electron chi connectivity index (χ3n) is 3.39. The molecule has 3 nitrogen and oxygen atoms in total. The molecule has 1 heterocycles. The third kappa shape index (κ3) is 3.43. The molecule has 0 radical (unpaired) electrons. The average Bonchev–Trinajstić information content (AvgIpc) is 2.48. The fourth-order valence-electron chi connectivity index (χ4n) is 2.23. The number of amides is 1. The van der Waals surface area contributed by atoms with Crippen LogP contribution in [0.15, 0.2) is 42.0 Å². The van der Waals surface area contributed by atoms with Crippen molar-refractivity contribution < 1.29 is 18.0 Å². The molecule has 2 rings (SSSR count). The molecule has 0 aromatic heterocycles. The van der Waals surface area contributed by atoms with E-state index in [0.29, 0.717) is 5.56 Å². The number of nitriles is 1. The molecular weight excluding hydrogens is 281 g/mol. The molecule has 1 unspecified atom stereocenters. The Labute approximate surface area is 120 Å². The van der Waals surface area contributed by atoms with E-state index < -0.39 is 23.6 Å². The predicted octanol–water partition coefficient (Wildman–Crippen LogP) is 3.01. The maximum atomic E-state index is 12.5. The molecule has 0 saturated carbocycles. The summed E-state index contributed by atoms with van der Waals surface area (Å²) in [5.74, 6) is -1.44. The Bertz CT molecular complexity index is 587. The van der Waals surface area contributed by atoms with Crippen LogP contribution in [0, 0.1) is 11.3 Å². The molecule has 0 spiro atoms. The summed E-state index contributed by atoms with van der Waals surface area (Å²) in [5, 5.41) is 9.17. The summed E-state index contributed by atoms with van der Waals surface area (Å²) in [4.78, 5) is 13.6. The van der Waals surface area contributed by atoms with Gasteiger partial charge in [0.2, 0.25) is 5.91 Å². The first kappa shape index (κ1) is 15.1. The summed E-state index contributed by atoms with van der Waals surface area (Å²) < 4.78 is 37.6. The SMILES string of the molecule is N#CC(C(=O)N1CC=C(C(F)(F)F)CC1)c1ccccc1. The van der Waals surface area contributed by atoms with Gasteiger partial charge in [-0.25, -0.2) is 0 Å². The Morgan fingerprint density at radius 2 is 1.95 bits per heavy atom.